The van der Waals surface area contributed by atoms with Gasteiger partial charge in [-0.15, -0.1) is 0 Å². The number of benzene rings is 1. The van der Waals surface area contributed by atoms with Crippen LogP contribution in [-0.2, 0) is 0 Å². The maximum Gasteiger partial charge on any atom is 0.0484 e. The fourth-order valence-electron chi connectivity index (χ4n) is 1.53. The van der Waals surface area contributed by atoms with Gasteiger partial charge in [0.15, 0.2) is 0 Å². The van der Waals surface area contributed by atoms with E-state index < -0.39 is 0 Å². The van der Waals surface area contributed by atoms with Crippen LogP contribution in [0.2, 0.25) is 0 Å². The van der Waals surface area contributed by atoms with Crippen LogP contribution in [0.3, 0.4) is 0 Å². The Morgan fingerprint density at radius 1 is 1.38 bits per heavy atom. The molecule has 2 nitrogen and oxygen atoms in total. The normalized spacial score (nSPS) is 11.6. The lowest BCUT2D eigenvalue weighted by atomic mass is 10.0. The van der Waals surface area contributed by atoms with E-state index in [0.717, 1.165) is 29.5 Å². The van der Waals surface area contributed by atoms with E-state index in [1.54, 1.807) is 0 Å². The second kappa shape index (κ2) is 5.69. The van der Waals surface area contributed by atoms with Crippen LogP contribution in [0.4, 0.5) is 5.69 Å². The first-order valence-corrected chi connectivity index (χ1v) is 6.47. The lowest BCUT2D eigenvalue weighted by Crippen LogP contribution is -2.32. The van der Waals surface area contributed by atoms with E-state index in [-0.39, 0.29) is 5.54 Å². The molecule has 0 amide bonds. The molecule has 0 heterocycles. The van der Waals surface area contributed by atoms with Crippen LogP contribution in [0, 0.1) is 6.92 Å². The first-order chi connectivity index (χ1) is 7.38. The molecule has 90 valence electrons. The van der Waals surface area contributed by atoms with Crippen molar-refractivity contribution in [3.8, 4) is 0 Å². The molecule has 0 radical (unpaired) electrons. The van der Waals surface area contributed by atoms with Crippen molar-refractivity contribution in [1.82, 2.24) is 0 Å². The van der Waals surface area contributed by atoms with Crippen molar-refractivity contribution in [2.75, 3.05) is 11.9 Å². The minimum Gasteiger partial charge on any atom is -0.384 e. The first-order valence-electron chi connectivity index (χ1n) is 5.67. The predicted molar refractivity (Wildman–Crippen MR) is 74.9 cm³/mol. The molecular weight excluding hydrogens is 264 g/mol. The Labute approximate surface area is 107 Å². The summed E-state index contributed by atoms with van der Waals surface area (Å²) in [6.45, 7) is 7.18. The van der Waals surface area contributed by atoms with Crippen molar-refractivity contribution >= 4 is 21.6 Å². The summed E-state index contributed by atoms with van der Waals surface area (Å²) < 4.78 is 1.12. The molecule has 0 atom stereocenters. The number of anilines is 1. The zero-order valence-corrected chi connectivity index (χ0v) is 11.9. The lowest BCUT2D eigenvalue weighted by Gasteiger charge is -2.18. The highest BCUT2D eigenvalue weighted by molar-refractivity contribution is 9.10. The number of aryl methyl sites for hydroxylation is 1. The van der Waals surface area contributed by atoms with Gasteiger partial charge in [0.2, 0.25) is 0 Å². The molecule has 1 aromatic rings. The zero-order chi connectivity index (χ0) is 12.2. The van der Waals surface area contributed by atoms with E-state index in [2.05, 4.69) is 60.2 Å². The first kappa shape index (κ1) is 13.5. The molecule has 0 aliphatic heterocycles. The predicted octanol–water partition coefficient (Wildman–Crippen LogP) is 3.69. The Balaban J connectivity index is 2.38. The van der Waals surface area contributed by atoms with Gasteiger partial charge in [0.1, 0.15) is 0 Å². The molecule has 0 aromatic heterocycles. The van der Waals surface area contributed by atoms with Crippen LogP contribution in [0.1, 0.15) is 32.3 Å². The fourth-order valence-corrected chi connectivity index (χ4v) is 2.16. The number of nitrogens with two attached hydrogens (primary N) is 1. The topological polar surface area (TPSA) is 38.0 Å². The smallest absolute Gasteiger partial charge is 0.0484 e. The summed E-state index contributed by atoms with van der Waals surface area (Å²) >= 11 is 3.55. The van der Waals surface area contributed by atoms with Crippen LogP contribution < -0.4 is 11.1 Å². The third-order valence-corrected chi connectivity index (χ3v) is 3.09. The summed E-state index contributed by atoms with van der Waals surface area (Å²) in [4.78, 5) is 0. The molecule has 0 saturated heterocycles. The Kier molecular flexibility index (Phi) is 4.81. The van der Waals surface area contributed by atoms with Crippen LogP contribution in [0.5, 0.6) is 0 Å². The van der Waals surface area contributed by atoms with Crippen LogP contribution in [0.15, 0.2) is 22.7 Å². The molecule has 3 N–H and O–H groups in total. The Bertz CT molecular complexity index is 342. The monoisotopic (exact) mass is 284 g/mol. The minimum absolute atomic E-state index is 0.0633. The van der Waals surface area contributed by atoms with E-state index in [1.807, 2.05) is 0 Å². The number of nitrogens with one attached hydrogen (secondary N) is 1. The van der Waals surface area contributed by atoms with Crippen molar-refractivity contribution in [3.05, 3.63) is 28.2 Å². The summed E-state index contributed by atoms with van der Waals surface area (Å²) in [5.74, 6) is 0. The van der Waals surface area contributed by atoms with Crippen LogP contribution >= 0.6 is 15.9 Å². The van der Waals surface area contributed by atoms with Gasteiger partial charge in [-0.3, -0.25) is 0 Å². The van der Waals surface area contributed by atoms with Gasteiger partial charge in [-0.05, 0) is 67.2 Å². The molecule has 0 saturated carbocycles. The quantitative estimate of drug-likeness (QED) is 0.810. The van der Waals surface area contributed by atoms with E-state index in [0.29, 0.717) is 0 Å². The van der Waals surface area contributed by atoms with Gasteiger partial charge in [0.05, 0.1) is 0 Å². The SMILES string of the molecule is Cc1ccc(NCCCC(C)(C)N)c(Br)c1. The van der Waals surface area contributed by atoms with Gasteiger partial charge in [0, 0.05) is 22.2 Å². The van der Waals surface area contributed by atoms with Gasteiger partial charge < -0.3 is 11.1 Å². The molecule has 3 heteroatoms. The number of hydrogen-bond donors (Lipinski definition) is 2. The standard InChI is InChI=1S/C13H21BrN2/c1-10-5-6-12(11(14)9-10)16-8-4-7-13(2,3)15/h5-6,9,16H,4,7-8,15H2,1-3H3. The van der Waals surface area contributed by atoms with Crippen molar-refractivity contribution in [2.24, 2.45) is 5.73 Å². The maximum absolute atomic E-state index is 5.93. The van der Waals surface area contributed by atoms with Gasteiger partial charge in [-0.1, -0.05) is 6.07 Å². The summed E-state index contributed by atoms with van der Waals surface area (Å²) in [6, 6.07) is 6.34. The second-order valence-corrected chi connectivity index (χ2v) is 5.86. The minimum atomic E-state index is -0.0633. The average Bonchev–Trinajstić information content (AvgIpc) is 2.13. The maximum atomic E-state index is 5.93. The highest BCUT2D eigenvalue weighted by atomic mass is 79.9. The third-order valence-electron chi connectivity index (χ3n) is 2.44. The van der Waals surface area contributed by atoms with Crippen LogP contribution in [0.25, 0.3) is 0 Å². The van der Waals surface area contributed by atoms with Crippen molar-refractivity contribution in [1.29, 1.82) is 0 Å². The van der Waals surface area contributed by atoms with E-state index >= 15 is 0 Å². The molecule has 0 unspecified atom stereocenters. The fraction of sp³-hybridized carbons (Fsp3) is 0.538. The van der Waals surface area contributed by atoms with Gasteiger partial charge in [0.25, 0.3) is 0 Å². The number of rotatable bonds is 5. The van der Waals surface area contributed by atoms with Crippen molar-refractivity contribution in [3.63, 3.8) is 0 Å². The molecular formula is C13H21BrN2. The number of halogens is 1. The van der Waals surface area contributed by atoms with Crippen molar-refractivity contribution < 1.29 is 0 Å². The molecule has 0 aliphatic rings. The number of hydrogen-bond acceptors (Lipinski definition) is 2. The van der Waals surface area contributed by atoms with E-state index in [1.165, 1.54) is 5.56 Å². The summed E-state index contributed by atoms with van der Waals surface area (Å²) in [5.41, 5.74) is 8.28. The molecule has 1 aromatic carbocycles. The summed E-state index contributed by atoms with van der Waals surface area (Å²) in [7, 11) is 0. The highest BCUT2D eigenvalue weighted by Crippen LogP contribution is 2.23. The molecule has 0 bridgehead atoms. The molecule has 0 spiro atoms. The average molecular weight is 285 g/mol. The molecule has 0 aliphatic carbocycles. The van der Waals surface area contributed by atoms with Gasteiger partial charge >= 0.3 is 0 Å². The highest BCUT2D eigenvalue weighted by Gasteiger charge is 2.09. The third kappa shape index (κ3) is 4.99. The lowest BCUT2D eigenvalue weighted by molar-refractivity contribution is 0.465. The summed E-state index contributed by atoms with van der Waals surface area (Å²) in [5, 5.41) is 3.41. The van der Waals surface area contributed by atoms with E-state index in [9.17, 15) is 0 Å². The second-order valence-electron chi connectivity index (χ2n) is 5.00. The van der Waals surface area contributed by atoms with E-state index in [4.69, 9.17) is 5.73 Å². The van der Waals surface area contributed by atoms with Crippen molar-refractivity contribution in [2.45, 2.75) is 39.2 Å². The van der Waals surface area contributed by atoms with Gasteiger partial charge in [-0.2, -0.15) is 0 Å². The zero-order valence-electron chi connectivity index (χ0n) is 10.3. The summed E-state index contributed by atoms with van der Waals surface area (Å²) in [6.07, 6.45) is 2.12. The largest absolute Gasteiger partial charge is 0.384 e. The molecule has 0 fully saturated rings. The molecule has 1 rings (SSSR count). The Morgan fingerprint density at radius 2 is 2.06 bits per heavy atom. The Morgan fingerprint density at radius 3 is 2.62 bits per heavy atom. The molecule has 16 heavy (non-hydrogen) atoms. The Hall–Kier alpha value is -0.540. The van der Waals surface area contributed by atoms with Gasteiger partial charge in [-0.25, -0.2) is 0 Å². The van der Waals surface area contributed by atoms with Crippen LogP contribution in [-0.4, -0.2) is 12.1 Å².